The highest BCUT2D eigenvalue weighted by Crippen LogP contribution is 2.33. The molecule has 0 N–H and O–H groups in total. The minimum atomic E-state index is -3.99. The second-order valence-electron chi connectivity index (χ2n) is 5.88. The van der Waals surface area contributed by atoms with Gasteiger partial charge < -0.3 is 0 Å². The summed E-state index contributed by atoms with van der Waals surface area (Å²) in [6.45, 7) is 0.595. The zero-order valence-corrected chi connectivity index (χ0v) is 14.7. The summed E-state index contributed by atoms with van der Waals surface area (Å²) in [7, 11) is -5.50. The van der Waals surface area contributed by atoms with E-state index in [4.69, 9.17) is 11.6 Å². The molecule has 2 fully saturated rings. The Bertz CT molecular complexity index is 844. The number of halogens is 2. The Labute approximate surface area is 139 Å². The number of hydrogen-bond acceptors (Lipinski definition) is 5. The van der Waals surface area contributed by atoms with Crippen molar-refractivity contribution in [2.75, 3.05) is 31.6 Å². The minimum Gasteiger partial charge on any atom is -0.299 e. The molecule has 0 aromatic heterocycles. The van der Waals surface area contributed by atoms with Gasteiger partial charge in [-0.3, -0.25) is 4.90 Å². The molecule has 3 rings (SSSR count). The molecule has 2 heterocycles. The third kappa shape index (κ3) is 3.00. The zero-order valence-electron chi connectivity index (χ0n) is 12.3. The van der Waals surface area contributed by atoms with Gasteiger partial charge in [-0.05, 0) is 25.2 Å². The molecule has 0 aliphatic carbocycles. The van der Waals surface area contributed by atoms with Crippen LogP contribution in [0.25, 0.3) is 0 Å². The van der Waals surface area contributed by atoms with Crippen molar-refractivity contribution < 1.29 is 21.2 Å². The van der Waals surface area contributed by atoms with Crippen LogP contribution in [0.4, 0.5) is 4.39 Å². The van der Waals surface area contributed by atoms with E-state index in [1.165, 1.54) is 4.31 Å². The molecule has 2 aliphatic heterocycles. The normalized spacial score (nSPS) is 28.7. The summed E-state index contributed by atoms with van der Waals surface area (Å²) in [4.78, 5) is 1.67. The van der Waals surface area contributed by atoms with Crippen molar-refractivity contribution in [1.82, 2.24) is 9.21 Å². The van der Waals surface area contributed by atoms with E-state index in [1.807, 2.05) is 4.90 Å². The zero-order chi connectivity index (χ0) is 17.0. The van der Waals surface area contributed by atoms with Gasteiger partial charge in [0.25, 0.3) is 0 Å². The van der Waals surface area contributed by atoms with Crippen LogP contribution in [0.1, 0.15) is 0 Å². The molecule has 6 nitrogen and oxygen atoms in total. The Hall–Kier alpha value is -0.740. The summed E-state index contributed by atoms with van der Waals surface area (Å²) < 4.78 is 64.0. The summed E-state index contributed by atoms with van der Waals surface area (Å²) in [5.41, 5.74) is 0. The molecule has 2 saturated heterocycles. The van der Waals surface area contributed by atoms with Crippen molar-refractivity contribution in [3.63, 3.8) is 0 Å². The molecule has 2 unspecified atom stereocenters. The first-order valence-corrected chi connectivity index (χ1v) is 10.6. The molecule has 0 spiro atoms. The monoisotopic (exact) mass is 382 g/mol. The van der Waals surface area contributed by atoms with Crippen molar-refractivity contribution in [1.29, 1.82) is 0 Å². The van der Waals surface area contributed by atoms with E-state index < -0.39 is 31.7 Å². The van der Waals surface area contributed by atoms with Gasteiger partial charge in [-0.15, -0.1) is 0 Å². The standard InChI is InChI=1S/C13H16ClFN2O4S2/c1-16-4-5-17(12-8-22(18,19)7-11(12)16)23(20,21)13-3-2-9(15)6-10(13)14/h2-3,6,11-12H,4-5,7-8H2,1H3. The van der Waals surface area contributed by atoms with E-state index >= 15 is 0 Å². The fourth-order valence-electron chi connectivity index (χ4n) is 3.20. The summed E-state index contributed by atoms with van der Waals surface area (Å²) in [5.74, 6) is -0.897. The van der Waals surface area contributed by atoms with Crippen molar-refractivity contribution in [3.05, 3.63) is 29.0 Å². The van der Waals surface area contributed by atoms with E-state index in [9.17, 15) is 21.2 Å². The summed E-state index contributed by atoms with van der Waals surface area (Å²) in [6, 6.07) is 2.06. The predicted molar refractivity (Wildman–Crippen MR) is 84.2 cm³/mol. The maximum absolute atomic E-state index is 13.2. The highest BCUT2D eigenvalue weighted by molar-refractivity contribution is 7.92. The van der Waals surface area contributed by atoms with E-state index in [-0.39, 0.29) is 34.0 Å². The fraction of sp³-hybridized carbons (Fsp3) is 0.538. The van der Waals surface area contributed by atoms with E-state index in [0.717, 1.165) is 18.2 Å². The van der Waals surface area contributed by atoms with Crippen LogP contribution in [-0.2, 0) is 19.9 Å². The van der Waals surface area contributed by atoms with E-state index in [0.29, 0.717) is 6.54 Å². The number of sulfonamides is 1. The lowest BCUT2D eigenvalue weighted by atomic mass is 10.1. The SMILES string of the molecule is CN1CCN(S(=O)(=O)c2ccc(F)cc2Cl)C2CS(=O)(=O)CC21. The van der Waals surface area contributed by atoms with Crippen LogP contribution in [0.3, 0.4) is 0 Å². The van der Waals surface area contributed by atoms with Gasteiger partial charge >= 0.3 is 0 Å². The van der Waals surface area contributed by atoms with E-state index in [2.05, 4.69) is 0 Å². The molecule has 10 heteroatoms. The van der Waals surface area contributed by atoms with Gasteiger partial charge in [-0.1, -0.05) is 11.6 Å². The number of hydrogen-bond donors (Lipinski definition) is 0. The van der Waals surface area contributed by atoms with Crippen LogP contribution < -0.4 is 0 Å². The molecule has 128 valence electrons. The Morgan fingerprint density at radius 3 is 2.52 bits per heavy atom. The molecule has 0 amide bonds. The largest absolute Gasteiger partial charge is 0.299 e. The van der Waals surface area contributed by atoms with Crippen molar-refractivity contribution >= 4 is 31.5 Å². The highest BCUT2D eigenvalue weighted by atomic mass is 35.5. The number of sulfone groups is 1. The molecule has 1 aromatic rings. The average Bonchev–Trinajstić information content (AvgIpc) is 2.74. The van der Waals surface area contributed by atoms with E-state index in [1.54, 1.807) is 7.05 Å². The van der Waals surface area contributed by atoms with Crippen molar-refractivity contribution in [3.8, 4) is 0 Å². The Kier molecular flexibility index (Phi) is 4.21. The number of nitrogens with zero attached hydrogens (tertiary/aromatic N) is 2. The number of benzene rings is 1. The lowest BCUT2D eigenvalue weighted by molar-refractivity contribution is 0.121. The predicted octanol–water partition coefficient (Wildman–Crippen LogP) is 0.581. The lowest BCUT2D eigenvalue weighted by Gasteiger charge is -2.41. The highest BCUT2D eigenvalue weighted by Gasteiger charge is 2.49. The second kappa shape index (κ2) is 5.66. The van der Waals surface area contributed by atoms with Crippen LogP contribution in [0, 0.1) is 5.82 Å². The summed E-state index contributed by atoms with van der Waals surface area (Å²) in [6.07, 6.45) is 0. The number of rotatable bonds is 2. The van der Waals surface area contributed by atoms with Gasteiger partial charge in [-0.25, -0.2) is 21.2 Å². The third-order valence-corrected chi connectivity index (χ3v) is 8.49. The molecule has 2 aliphatic rings. The Morgan fingerprint density at radius 1 is 1.22 bits per heavy atom. The van der Waals surface area contributed by atoms with Crippen LogP contribution in [-0.4, -0.2) is 69.8 Å². The molecule has 0 saturated carbocycles. The average molecular weight is 383 g/mol. The maximum Gasteiger partial charge on any atom is 0.244 e. The Morgan fingerprint density at radius 2 is 1.87 bits per heavy atom. The Balaban J connectivity index is 2.03. The molecule has 2 atom stereocenters. The first-order chi connectivity index (χ1) is 10.6. The molecule has 23 heavy (non-hydrogen) atoms. The fourth-order valence-corrected chi connectivity index (χ4v) is 7.50. The molecule has 0 bridgehead atoms. The van der Waals surface area contributed by atoms with Crippen LogP contribution in [0.15, 0.2) is 23.1 Å². The van der Waals surface area contributed by atoms with Gasteiger partial charge in [0.05, 0.1) is 22.6 Å². The quantitative estimate of drug-likeness (QED) is 0.748. The summed E-state index contributed by atoms with van der Waals surface area (Å²) >= 11 is 5.89. The first-order valence-electron chi connectivity index (χ1n) is 6.99. The van der Waals surface area contributed by atoms with Crippen LogP contribution >= 0.6 is 11.6 Å². The molecule has 0 radical (unpaired) electrons. The number of fused-ring (bicyclic) bond motifs is 1. The lowest BCUT2D eigenvalue weighted by Crippen LogP contribution is -2.59. The first kappa shape index (κ1) is 17.1. The topological polar surface area (TPSA) is 74.8 Å². The van der Waals surface area contributed by atoms with Gasteiger partial charge in [0.15, 0.2) is 9.84 Å². The van der Waals surface area contributed by atoms with Gasteiger partial charge in [0.1, 0.15) is 10.7 Å². The van der Waals surface area contributed by atoms with Crippen molar-refractivity contribution in [2.24, 2.45) is 0 Å². The molecular weight excluding hydrogens is 367 g/mol. The van der Waals surface area contributed by atoms with Crippen molar-refractivity contribution in [2.45, 2.75) is 17.0 Å². The van der Waals surface area contributed by atoms with Gasteiger partial charge in [0.2, 0.25) is 10.0 Å². The molecular formula is C13H16ClFN2O4S2. The number of likely N-dealkylation sites (N-methyl/N-ethyl adjacent to an activating group) is 1. The number of piperazine rings is 1. The van der Waals surface area contributed by atoms with Gasteiger partial charge in [0, 0.05) is 19.1 Å². The minimum absolute atomic E-state index is 0.0582. The molecule has 1 aromatic carbocycles. The van der Waals surface area contributed by atoms with Gasteiger partial charge in [-0.2, -0.15) is 4.31 Å². The van der Waals surface area contributed by atoms with Crippen LogP contribution in [0.2, 0.25) is 5.02 Å². The summed E-state index contributed by atoms with van der Waals surface area (Å²) in [5, 5.41) is -0.207. The maximum atomic E-state index is 13.2. The van der Waals surface area contributed by atoms with Crippen LogP contribution in [0.5, 0.6) is 0 Å². The third-order valence-electron chi connectivity index (χ3n) is 4.38. The second-order valence-corrected chi connectivity index (χ2v) is 10.3. The smallest absolute Gasteiger partial charge is 0.244 e.